The lowest BCUT2D eigenvalue weighted by Gasteiger charge is -2.70. The highest BCUT2D eigenvalue weighted by Gasteiger charge is 2.68. The van der Waals surface area contributed by atoms with E-state index in [0.717, 1.165) is 79.5 Å². The zero-order valence-corrected chi connectivity index (χ0v) is 26.0. The van der Waals surface area contributed by atoms with Gasteiger partial charge < -0.3 is 20.9 Å². The Morgan fingerprint density at radius 1 is 1.15 bits per heavy atom. The van der Waals surface area contributed by atoms with E-state index in [9.17, 15) is 28.0 Å². The number of hydrogen-bond donors (Lipinski definition) is 3. The first-order valence-corrected chi connectivity index (χ1v) is 16.1. The number of rotatable bonds is 8. The molecule has 1 aromatic carbocycles. The van der Waals surface area contributed by atoms with Crippen LogP contribution in [0.15, 0.2) is 30.6 Å². The number of piperidine rings is 1. The Morgan fingerprint density at radius 2 is 1.89 bits per heavy atom. The number of aryl methyl sites for hydroxylation is 1. The molecule has 8 rings (SSSR count). The second-order valence-electron chi connectivity index (χ2n) is 13.3. The minimum Gasteiger partial charge on any atom is -0.367 e. The topological polar surface area (TPSA) is 142 Å². The zero-order valence-electron chi connectivity index (χ0n) is 25.2. The van der Waals surface area contributed by atoms with E-state index in [0.29, 0.717) is 28.3 Å². The average Bonchev–Trinajstić information content (AvgIpc) is 3.53. The number of hydrogen-bond acceptors (Lipinski definition) is 8. The van der Waals surface area contributed by atoms with Crippen molar-refractivity contribution in [2.75, 3.05) is 18.4 Å². The van der Waals surface area contributed by atoms with Gasteiger partial charge in [0.05, 0.1) is 11.8 Å². The molecule has 3 aromatic heterocycles. The predicted octanol–water partition coefficient (Wildman–Crippen LogP) is 4.53. The molecule has 4 aromatic rings. The molecule has 46 heavy (non-hydrogen) atoms. The van der Waals surface area contributed by atoms with Crippen LogP contribution in [0.2, 0.25) is 0 Å². The van der Waals surface area contributed by atoms with E-state index < -0.39 is 24.4 Å². The molecule has 3 saturated carbocycles. The maximum Gasteiger partial charge on any atom is 0.393 e. The first kappa shape index (κ1) is 30.4. The van der Waals surface area contributed by atoms with E-state index in [2.05, 4.69) is 55.2 Å². The largest absolute Gasteiger partial charge is 0.393 e. The van der Waals surface area contributed by atoms with Gasteiger partial charge in [-0.25, -0.2) is 9.97 Å². The number of amides is 2. The van der Waals surface area contributed by atoms with Crippen LogP contribution in [0.1, 0.15) is 53.8 Å². The number of alkyl halides is 3. The number of nitriles is 1. The quantitative estimate of drug-likeness (QED) is 0.238. The molecule has 2 bridgehead atoms. The average molecular weight is 651 g/mol. The number of carbonyl (C=O) groups is 2. The number of fused-ring (bicyclic) bond motifs is 2. The number of aromatic nitrogens is 3. The summed E-state index contributed by atoms with van der Waals surface area (Å²) in [5.41, 5.74) is 8.73. The molecular formula is C32H33F3N8O2S. The molecule has 4 fully saturated rings. The van der Waals surface area contributed by atoms with Crippen molar-refractivity contribution in [3.63, 3.8) is 0 Å². The van der Waals surface area contributed by atoms with Crippen LogP contribution in [0.5, 0.6) is 0 Å². The van der Waals surface area contributed by atoms with Crippen LogP contribution in [0.4, 0.5) is 19.0 Å². The number of nitrogens with zero attached hydrogens (tertiary/aromatic N) is 5. The number of anilines is 1. The first-order chi connectivity index (χ1) is 21.8. The third-order valence-corrected chi connectivity index (χ3v) is 10.9. The third kappa shape index (κ3) is 5.55. The standard InChI is InChI=1S/C32H33F3N8O2S/c1-18-19(2-3-25-23(18)8-21(11-36)43(25)16-30-13-31(14-30,15-30)41-28(45)26(37)44)12-42-6-4-20(5-7-42)40-27-24-9-22(10-32(33,34)35)46-29(24)39-17-38-27/h2-3,8-9,17,20H,4-7,10,12-16H2,1H3,(H2,37,44)(H,41,45)(H,38,39,40). The summed E-state index contributed by atoms with van der Waals surface area (Å²) in [6.07, 6.45) is 0.182. The molecule has 10 nitrogen and oxygen atoms in total. The van der Waals surface area contributed by atoms with Gasteiger partial charge in [-0.05, 0) is 73.8 Å². The van der Waals surface area contributed by atoms with Crippen molar-refractivity contribution in [2.24, 2.45) is 11.1 Å². The maximum absolute atomic E-state index is 12.9. The summed E-state index contributed by atoms with van der Waals surface area (Å²) in [6.45, 7) is 5.26. The van der Waals surface area contributed by atoms with Crippen LogP contribution < -0.4 is 16.4 Å². The van der Waals surface area contributed by atoms with Crippen molar-refractivity contribution in [1.29, 1.82) is 5.26 Å². The SMILES string of the molecule is Cc1c(CN2CCC(Nc3ncnc4sc(CC(F)(F)F)cc34)CC2)ccc2c1cc(C#N)n2CC12CC(NC(=O)C(N)=O)(C1)C2. The van der Waals surface area contributed by atoms with E-state index >= 15 is 0 Å². The summed E-state index contributed by atoms with van der Waals surface area (Å²) in [6, 6.07) is 10.3. The fraction of sp³-hybridized carbons (Fsp3) is 0.469. The minimum absolute atomic E-state index is 0.000230. The zero-order chi connectivity index (χ0) is 32.4. The fourth-order valence-electron chi connectivity index (χ4n) is 7.87. The van der Waals surface area contributed by atoms with Crippen molar-refractivity contribution < 1.29 is 22.8 Å². The Kier molecular flexibility index (Phi) is 7.24. The van der Waals surface area contributed by atoms with Gasteiger partial charge in [-0.2, -0.15) is 18.4 Å². The number of benzene rings is 1. The second kappa shape index (κ2) is 10.9. The van der Waals surface area contributed by atoms with Gasteiger partial charge in [0.2, 0.25) is 0 Å². The monoisotopic (exact) mass is 650 g/mol. The number of likely N-dealkylation sites (tertiary alicyclic amines) is 1. The molecule has 2 amide bonds. The smallest absolute Gasteiger partial charge is 0.367 e. The summed E-state index contributed by atoms with van der Waals surface area (Å²) in [7, 11) is 0. The highest BCUT2D eigenvalue weighted by molar-refractivity contribution is 7.18. The van der Waals surface area contributed by atoms with E-state index in [1.54, 1.807) is 6.07 Å². The van der Waals surface area contributed by atoms with E-state index in [-0.39, 0.29) is 21.9 Å². The molecule has 240 valence electrons. The lowest BCUT2D eigenvalue weighted by molar-refractivity contribution is -0.173. The van der Waals surface area contributed by atoms with Crippen molar-refractivity contribution in [1.82, 2.24) is 24.8 Å². The minimum atomic E-state index is -4.27. The number of primary amides is 1. The van der Waals surface area contributed by atoms with Crippen molar-refractivity contribution in [3.8, 4) is 6.07 Å². The van der Waals surface area contributed by atoms with Crippen LogP contribution in [0.25, 0.3) is 21.1 Å². The Hall–Kier alpha value is -4.22. The molecule has 4 heterocycles. The first-order valence-electron chi connectivity index (χ1n) is 15.3. The van der Waals surface area contributed by atoms with Crippen LogP contribution in [0, 0.1) is 23.7 Å². The molecule has 0 spiro atoms. The van der Waals surface area contributed by atoms with Crippen LogP contribution in [-0.2, 0) is 29.1 Å². The maximum atomic E-state index is 12.9. The molecule has 0 atom stereocenters. The molecule has 1 aliphatic heterocycles. The number of halogens is 3. The Labute approximate surface area is 266 Å². The molecule has 14 heteroatoms. The highest BCUT2D eigenvalue weighted by atomic mass is 32.1. The number of nitrogens with two attached hydrogens (primary N) is 1. The van der Waals surface area contributed by atoms with E-state index in [1.165, 1.54) is 11.9 Å². The molecule has 3 aliphatic carbocycles. The lowest BCUT2D eigenvalue weighted by atomic mass is 9.39. The molecule has 4 aliphatic rings. The molecule has 4 N–H and O–H groups in total. The van der Waals surface area contributed by atoms with Crippen molar-refractivity contribution >= 4 is 50.1 Å². The van der Waals surface area contributed by atoms with Gasteiger partial charge >= 0.3 is 18.0 Å². The second-order valence-corrected chi connectivity index (χ2v) is 14.4. The van der Waals surface area contributed by atoms with Gasteiger partial charge in [0.1, 0.15) is 28.7 Å². The van der Waals surface area contributed by atoms with Gasteiger partial charge in [-0.1, -0.05) is 6.07 Å². The number of nitrogens with one attached hydrogen (secondary N) is 2. The number of carbonyl (C=O) groups excluding carboxylic acids is 2. The fourth-order valence-corrected chi connectivity index (χ4v) is 8.89. The summed E-state index contributed by atoms with van der Waals surface area (Å²) in [4.78, 5) is 34.6. The summed E-state index contributed by atoms with van der Waals surface area (Å²) in [5, 5.41) is 17.9. The van der Waals surface area contributed by atoms with Crippen molar-refractivity contribution in [2.45, 2.75) is 76.3 Å². The van der Waals surface area contributed by atoms with E-state index in [4.69, 9.17) is 5.73 Å². The van der Waals surface area contributed by atoms with Gasteiger partial charge in [0.25, 0.3) is 0 Å². The van der Waals surface area contributed by atoms with Crippen molar-refractivity contribution in [3.05, 3.63) is 52.3 Å². The summed E-state index contributed by atoms with van der Waals surface area (Å²) in [5.74, 6) is -1.13. The van der Waals surface area contributed by atoms with Gasteiger partial charge in [0, 0.05) is 53.5 Å². The Bertz CT molecular complexity index is 1900. The predicted molar refractivity (Wildman–Crippen MR) is 167 cm³/mol. The third-order valence-electron chi connectivity index (χ3n) is 9.89. The number of thiophene rings is 1. The summed E-state index contributed by atoms with van der Waals surface area (Å²) < 4.78 is 40.9. The van der Waals surface area contributed by atoms with Gasteiger partial charge in [-0.3, -0.25) is 14.5 Å². The molecule has 0 unspecified atom stereocenters. The normalized spacial score (nSPS) is 23.1. The van der Waals surface area contributed by atoms with Gasteiger partial charge in [0.15, 0.2) is 0 Å². The van der Waals surface area contributed by atoms with E-state index in [1.807, 2.05) is 6.07 Å². The molecule has 0 radical (unpaired) electrons. The summed E-state index contributed by atoms with van der Waals surface area (Å²) >= 11 is 1.05. The highest BCUT2D eigenvalue weighted by Crippen LogP contribution is 2.68. The Balaban J connectivity index is 0.985. The van der Waals surface area contributed by atoms with Crippen LogP contribution >= 0.6 is 11.3 Å². The Morgan fingerprint density at radius 3 is 2.57 bits per heavy atom. The molecular weight excluding hydrogens is 617 g/mol. The van der Waals surface area contributed by atoms with Gasteiger partial charge in [-0.15, -0.1) is 11.3 Å². The molecule has 1 saturated heterocycles. The van der Waals surface area contributed by atoms with Crippen LogP contribution in [0.3, 0.4) is 0 Å². The lowest BCUT2D eigenvalue weighted by Crippen LogP contribution is -2.76. The van der Waals surface area contributed by atoms with Crippen LogP contribution in [-0.4, -0.2) is 62.1 Å².